The molecule has 1 fully saturated rings. The number of hydrogen-bond acceptors (Lipinski definition) is 18. The fourth-order valence-electron chi connectivity index (χ4n) is 4.32. The number of aromatic nitrogens is 4. The van der Waals surface area contributed by atoms with E-state index in [1.165, 1.54) is 20.8 Å². The molecule has 0 spiro atoms. The predicted octanol–water partition coefficient (Wildman–Crippen LogP) is -2.23. The van der Waals surface area contributed by atoms with Crippen LogP contribution >= 0.6 is 35.2 Å². The van der Waals surface area contributed by atoms with E-state index in [1.807, 2.05) is 0 Å². The van der Waals surface area contributed by atoms with Gasteiger partial charge in [0.25, 0.3) is 0 Å². The normalized spacial score (nSPS) is 22.2. The number of nitrogen functional groups attached to an aromatic ring is 1. The second-order valence-corrected chi connectivity index (χ2v) is 16.9. The average Bonchev–Trinajstić information content (AvgIpc) is 3.57. The Bertz CT molecular complexity index is 1720. The van der Waals surface area contributed by atoms with Crippen molar-refractivity contribution in [2.75, 3.05) is 37.8 Å². The number of nitrogens with one attached hydrogen (secondary N) is 2. The molecule has 1 aliphatic heterocycles. The molecule has 0 aromatic carbocycles. The molecule has 10 N–H and O–H groups in total. The summed E-state index contributed by atoms with van der Waals surface area (Å²) in [5.74, 6) is -1.08. The van der Waals surface area contributed by atoms with Gasteiger partial charge in [0, 0.05) is 37.6 Å². The van der Waals surface area contributed by atoms with Gasteiger partial charge >= 0.3 is 50.8 Å². The summed E-state index contributed by atoms with van der Waals surface area (Å²) >= 11 is 1.03. The van der Waals surface area contributed by atoms with Gasteiger partial charge in [0.15, 0.2) is 22.8 Å². The number of anilines is 1. The van der Waals surface area contributed by atoms with Crippen molar-refractivity contribution in [2.45, 2.75) is 57.8 Å². The molecule has 29 heteroatoms. The number of aliphatic hydroxyl groups excluding tert-OH is 2. The number of thioether (sulfide) groups is 1. The van der Waals surface area contributed by atoms with E-state index < -0.39 is 84.6 Å². The van der Waals surface area contributed by atoms with Crippen molar-refractivity contribution in [3.8, 4) is 0 Å². The average molecular weight is 1020 g/mol. The first-order valence-electron chi connectivity index (χ1n) is 14.5. The van der Waals surface area contributed by atoms with E-state index in [0.717, 1.165) is 29.0 Å². The van der Waals surface area contributed by atoms with Crippen LogP contribution in [0, 0.1) is 5.41 Å². The van der Waals surface area contributed by atoms with Gasteiger partial charge in [-0.15, -0.1) is 0 Å². The molecule has 1 aliphatic rings. The molecule has 0 saturated carbocycles. The summed E-state index contributed by atoms with van der Waals surface area (Å²) in [6.45, 7) is 1.90. The number of hydrogen-bond donors (Lipinski definition) is 9. The summed E-state index contributed by atoms with van der Waals surface area (Å²) in [6, 6.07) is 0. The third kappa shape index (κ3) is 14.0. The van der Waals surface area contributed by atoms with Gasteiger partial charge in [0.2, 0.25) is 11.8 Å². The number of rotatable bonds is 19. The Hall–Kier alpha value is -1.52. The van der Waals surface area contributed by atoms with E-state index in [1.54, 1.807) is 0 Å². The second-order valence-electron chi connectivity index (χ2n) is 11.4. The van der Waals surface area contributed by atoms with Gasteiger partial charge in [-0.3, -0.25) is 32.5 Å². The van der Waals surface area contributed by atoms with Gasteiger partial charge in [-0.05, 0) is 0 Å². The first kappa shape index (κ1) is 46.6. The van der Waals surface area contributed by atoms with Crippen LogP contribution in [0.2, 0.25) is 0 Å². The summed E-state index contributed by atoms with van der Waals surface area (Å²) in [5.41, 5.74) is 4.26. The Labute approximate surface area is 319 Å². The van der Waals surface area contributed by atoms with Crippen molar-refractivity contribution in [2.24, 2.45) is 5.41 Å². The molecule has 7 atom stereocenters. The van der Waals surface area contributed by atoms with Gasteiger partial charge in [-0.1, -0.05) is 25.6 Å². The minimum absolute atomic E-state index is 0. The number of fused-ring (bicyclic) bond motifs is 1. The number of phosphoric acid groups is 3. The molecule has 24 nitrogen and oxygen atoms in total. The Morgan fingerprint density at radius 2 is 1.73 bits per heavy atom. The molecule has 2 aromatic heterocycles. The molecule has 2 amide bonds. The van der Waals surface area contributed by atoms with Crippen LogP contribution in [0.15, 0.2) is 12.7 Å². The third-order valence-corrected chi connectivity index (χ3v) is 10.7. The molecule has 2 aromatic rings. The van der Waals surface area contributed by atoms with E-state index >= 15 is 0 Å². The molecule has 0 aliphatic carbocycles. The van der Waals surface area contributed by atoms with Crippen LogP contribution in [-0.2, 0) is 50.7 Å². The van der Waals surface area contributed by atoms with Crippen LogP contribution in [0.4, 0.5) is 5.82 Å². The number of phosphoric ester groups is 3. The zero-order valence-electron chi connectivity index (χ0n) is 27.8. The van der Waals surface area contributed by atoms with E-state index in [9.17, 15) is 57.9 Å². The molecule has 294 valence electrons. The Morgan fingerprint density at radius 3 is 2.37 bits per heavy atom. The Morgan fingerprint density at radius 1 is 1.08 bits per heavy atom. The van der Waals surface area contributed by atoms with Crippen molar-refractivity contribution < 1.29 is 80.5 Å². The van der Waals surface area contributed by atoms with Crippen molar-refractivity contribution in [1.82, 2.24) is 30.2 Å². The van der Waals surface area contributed by atoms with Crippen molar-refractivity contribution >= 4 is 96.4 Å². The molecule has 3 rings (SSSR count). The fourth-order valence-corrected chi connectivity index (χ4v) is 7.65. The molecule has 1 saturated heterocycles. The molecule has 2 radical (unpaired) electrons. The number of imidazole rings is 1. The van der Waals surface area contributed by atoms with Crippen LogP contribution < -0.4 is 16.4 Å². The molecule has 0 bridgehead atoms. The summed E-state index contributed by atoms with van der Waals surface area (Å²) in [6.07, 6.45) is -6.88. The minimum atomic E-state index is -5.56. The zero-order valence-corrected chi connectivity index (χ0v) is 36.8. The van der Waals surface area contributed by atoms with E-state index in [0.29, 0.717) is 5.75 Å². The van der Waals surface area contributed by atoms with Crippen LogP contribution in [0.25, 0.3) is 11.2 Å². The summed E-state index contributed by atoms with van der Waals surface area (Å²) in [4.78, 5) is 85.9. The van der Waals surface area contributed by atoms with Gasteiger partial charge < -0.3 is 50.9 Å². The van der Waals surface area contributed by atoms with Crippen LogP contribution in [0.5, 0.6) is 0 Å². The quantitative estimate of drug-likeness (QED) is 0.0408. The van der Waals surface area contributed by atoms with Crippen LogP contribution in [0.3, 0.4) is 0 Å². The topological polar surface area (TPSA) is 364 Å². The Kier molecular flexibility index (Phi) is 17.4. The van der Waals surface area contributed by atoms with Crippen LogP contribution in [0.1, 0.15) is 33.4 Å². The second kappa shape index (κ2) is 19.4. The first-order chi connectivity index (χ1) is 23.5. The van der Waals surface area contributed by atoms with E-state index in [2.05, 4.69) is 34.4 Å². The number of carbonyl (C=O) groups excluding carboxylic acids is 3. The van der Waals surface area contributed by atoms with E-state index in [4.69, 9.17) is 19.5 Å². The predicted molar refractivity (Wildman–Crippen MR) is 181 cm³/mol. The van der Waals surface area contributed by atoms with Gasteiger partial charge in [0.05, 0.1) is 19.5 Å². The maximum atomic E-state index is 12.6. The number of nitrogens with two attached hydrogens (primary N) is 1. The first-order valence-corrected chi connectivity index (χ1v) is 20.0. The summed E-state index contributed by atoms with van der Waals surface area (Å²) in [7, 11) is -16.4. The maximum absolute atomic E-state index is 12.6. The number of amides is 2. The number of aliphatic hydroxyl groups is 2. The molecular formula is C23H40N7O17P3PbS. The van der Waals surface area contributed by atoms with Crippen molar-refractivity contribution in [3.05, 3.63) is 12.7 Å². The zero-order chi connectivity index (χ0) is 38.4. The summed E-state index contributed by atoms with van der Waals surface area (Å²) in [5, 5.41) is 26.1. The number of ether oxygens (including phenoxy) is 1. The SMILES string of the molecule is CC(=O)SCCNC(=O)CCNC(=O)C(O)C(C)(C)COP(=O)(O)OP(=O)(O)OC[C@H]1O[C@@H](n2cnc3c(N)ncnc32)[C@H](O)[C@@H]1OP(=O)(O)O.[PbH2]. The van der Waals surface area contributed by atoms with Gasteiger partial charge in [0.1, 0.15) is 36.3 Å². The van der Waals surface area contributed by atoms with Crippen molar-refractivity contribution in [1.29, 1.82) is 0 Å². The fraction of sp³-hybridized carbons (Fsp3) is 0.652. The van der Waals surface area contributed by atoms with Crippen LogP contribution in [-0.4, -0.2) is 150 Å². The number of nitrogens with zero attached hydrogens (tertiary/aromatic N) is 4. The third-order valence-electron chi connectivity index (χ3n) is 6.81. The molecule has 3 unspecified atom stereocenters. The molecule has 52 heavy (non-hydrogen) atoms. The standard InChI is InChI=1S/C23H38N7O17P3S.Pb.2H/c1-12(31)51-7-6-25-14(32)4-5-26-21(35)18(34)23(2,3)9-44-50(41,42)47-49(39,40)43-8-13-17(46-48(36,37)38)16(33)22(45-13)30-11-29-15-19(24)27-10-28-20(15)30;;;/h10-11,13,16-18,22,33-34H,4-9H2,1-3H3,(H,25,32)(H,26,35)(H,39,40)(H,41,42)(H2,24,27,28)(H2,36,37,38);;;/t13-,16-,17-,18?,22-;;;/m1.../s1. The van der Waals surface area contributed by atoms with Crippen molar-refractivity contribution in [3.63, 3.8) is 0 Å². The monoisotopic (exact) mass is 1020 g/mol. The Balaban J connectivity index is 0.00000936. The van der Waals surface area contributed by atoms with Gasteiger partial charge in [-0.2, -0.15) is 4.31 Å². The number of carbonyl (C=O) groups is 3. The molecule has 3 heterocycles. The summed E-state index contributed by atoms with van der Waals surface area (Å²) < 4.78 is 61.8. The van der Waals surface area contributed by atoms with Gasteiger partial charge in [-0.25, -0.2) is 28.6 Å². The van der Waals surface area contributed by atoms with E-state index in [-0.39, 0.29) is 68.9 Å². The molecular weight excluding hydrogens is 978 g/mol.